The lowest BCUT2D eigenvalue weighted by Gasteiger charge is -2.29. The molecule has 0 aromatic heterocycles. The average Bonchev–Trinajstić information content (AvgIpc) is 2.56. The number of hydrogen-bond acceptors (Lipinski definition) is 4. The molecule has 0 aliphatic heterocycles. The zero-order chi connectivity index (χ0) is 17.5. The van der Waals surface area contributed by atoms with Crippen molar-refractivity contribution in [2.45, 2.75) is 43.5 Å². The number of carbonyl (C=O) groups is 2. The van der Waals surface area contributed by atoms with Crippen molar-refractivity contribution in [3.63, 3.8) is 0 Å². The SMILES string of the molecule is C[C@H]1CCCC[C@H]1NC(=O)COC(=O)CSc1cc(F)ccc1F. The number of halogens is 2. The lowest BCUT2D eigenvalue weighted by molar-refractivity contribution is -0.146. The summed E-state index contributed by atoms with van der Waals surface area (Å²) in [7, 11) is 0. The molecule has 1 N–H and O–H groups in total. The van der Waals surface area contributed by atoms with E-state index >= 15 is 0 Å². The molecule has 1 aliphatic rings. The molecule has 1 saturated carbocycles. The topological polar surface area (TPSA) is 55.4 Å². The molecule has 7 heteroatoms. The molecular formula is C17H21F2NO3S. The van der Waals surface area contributed by atoms with E-state index in [1.54, 1.807) is 0 Å². The molecule has 1 aromatic carbocycles. The highest BCUT2D eigenvalue weighted by Gasteiger charge is 2.23. The van der Waals surface area contributed by atoms with Gasteiger partial charge < -0.3 is 10.1 Å². The van der Waals surface area contributed by atoms with E-state index in [0.717, 1.165) is 49.2 Å². The quantitative estimate of drug-likeness (QED) is 0.627. The van der Waals surface area contributed by atoms with Crippen LogP contribution in [0.15, 0.2) is 23.1 Å². The molecule has 1 aliphatic carbocycles. The molecule has 0 bridgehead atoms. The molecule has 24 heavy (non-hydrogen) atoms. The Labute approximate surface area is 144 Å². The molecule has 1 amide bonds. The monoisotopic (exact) mass is 357 g/mol. The molecule has 132 valence electrons. The van der Waals surface area contributed by atoms with Gasteiger partial charge in [-0.15, -0.1) is 11.8 Å². The summed E-state index contributed by atoms with van der Waals surface area (Å²) >= 11 is 0.836. The molecule has 0 saturated heterocycles. The van der Waals surface area contributed by atoms with Gasteiger partial charge in [0.15, 0.2) is 6.61 Å². The minimum absolute atomic E-state index is 0.0347. The standard InChI is InChI=1S/C17H21F2NO3S/c1-11-4-2-3-5-14(11)20-16(21)9-23-17(22)10-24-15-8-12(18)6-7-13(15)19/h6-8,11,14H,2-5,9-10H2,1H3,(H,20,21)/t11-,14+/m0/s1. The predicted molar refractivity (Wildman–Crippen MR) is 87.6 cm³/mol. The second kappa shape index (κ2) is 9.01. The average molecular weight is 357 g/mol. The lowest BCUT2D eigenvalue weighted by Crippen LogP contribution is -2.43. The summed E-state index contributed by atoms with van der Waals surface area (Å²) in [6.07, 6.45) is 4.29. The third kappa shape index (κ3) is 5.78. The minimum Gasteiger partial charge on any atom is -0.455 e. The highest BCUT2D eigenvalue weighted by molar-refractivity contribution is 8.00. The molecular weight excluding hydrogens is 336 g/mol. The van der Waals surface area contributed by atoms with Crippen LogP contribution in [0.1, 0.15) is 32.6 Å². The van der Waals surface area contributed by atoms with Gasteiger partial charge in [-0.2, -0.15) is 0 Å². The third-order valence-electron chi connectivity index (χ3n) is 4.06. The first-order chi connectivity index (χ1) is 11.5. The molecule has 1 fully saturated rings. The minimum atomic E-state index is -0.643. The Morgan fingerprint density at radius 2 is 2.04 bits per heavy atom. The third-order valence-corrected chi connectivity index (χ3v) is 5.06. The molecule has 4 nitrogen and oxygen atoms in total. The molecule has 2 rings (SSSR count). The molecule has 2 atom stereocenters. The van der Waals surface area contributed by atoms with Gasteiger partial charge in [0, 0.05) is 10.9 Å². The van der Waals surface area contributed by atoms with Gasteiger partial charge in [0.25, 0.3) is 5.91 Å². The van der Waals surface area contributed by atoms with Gasteiger partial charge >= 0.3 is 5.97 Å². The van der Waals surface area contributed by atoms with E-state index in [4.69, 9.17) is 4.74 Å². The number of carbonyl (C=O) groups excluding carboxylic acids is 2. The summed E-state index contributed by atoms with van der Waals surface area (Å²) in [6, 6.07) is 3.15. The van der Waals surface area contributed by atoms with Crippen molar-refractivity contribution < 1.29 is 23.1 Å². The van der Waals surface area contributed by atoms with Crippen LogP contribution in [0, 0.1) is 17.6 Å². The van der Waals surface area contributed by atoms with Crippen molar-refractivity contribution in [3.05, 3.63) is 29.8 Å². The van der Waals surface area contributed by atoms with Crippen LogP contribution < -0.4 is 5.32 Å². The van der Waals surface area contributed by atoms with Crippen LogP contribution >= 0.6 is 11.8 Å². The van der Waals surface area contributed by atoms with E-state index in [0.29, 0.717) is 5.92 Å². The summed E-state index contributed by atoms with van der Waals surface area (Å²) < 4.78 is 31.3. The maximum absolute atomic E-state index is 13.4. The Balaban J connectivity index is 1.70. The molecule has 0 radical (unpaired) electrons. The summed E-state index contributed by atoms with van der Waals surface area (Å²) in [5.74, 6) is -1.91. The highest BCUT2D eigenvalue weighted by Crippen LogP contribution is 2.24. The Morgan fingerprint density at radius 1 is 1.29 bits per heavy atom. The van der Waals surface area contributed by atoms with Crippen molar-refractivity contribution in [2.75, 3.05) is 12.4 Å². The first-order valence-corrected chi connectivity index (χ1v) is 8.97. The van der Waals surface area contributed by atoms with Crippen molar-refractivity contribution in [3.8, 4) is 0 Å². The first-order valence-electron chi connectivity index (χ1n) is 7.98. The van der Waals surface area contributed by atoms with Gasteiger partial charge in [-0.05, 0) is 37.0 Å². The van der Waals surface area contributed by atoms with E-state index in [1.807, 2.05) is 0 Å². The fourth-order valence-corrected chi connectivity index (χ4v) is 3.45. The van der Waals surface area contributed by atoms with Gasteiger partial charge in [0.05, 0.1) is 5.75 Å². The van der Waals surface area contributed by atoms with Gasteiger partial charge in [-0.25, -0.2) is 8.78 Å². The number of benzene rings is 1. The van der Waals surface area contributed by atoms with Gasteiger partial charge in [-0.1, -0.05) is 19.8 Å². The van der Waals surface area contributed by atoms with Crippen LogP contribution in [-0.2, 0) is 14.3 Å². The molecule has 0 heterocycles. The smallest absolute Gasteiger partial charge is 0.316 e. The van der Waals surface area contributed by atoms with Crippen LogP contribution in [0.2, 0.25) is 0 Å². The fourth-order valence-electron chi connectivity index (χ4n) is 2.69. The van der Waals surface area contributed by atoms with Crippen molar-refractivity contribution >= 4 is 23.6 Å². The van der Waals surface area contributed by atoms with E-state index in [-0.39, 0.29) is 29.2 Å². The Hall–Kier alpha value is -1.63. The van der Waals surface area contributed by atoms with E-state index in [1.165, 1.54) is 6.42 Å². The summed E-state index contributed by atoms with van der Waals surface area (Å²) in [6.45, 7) is 1.74. The zero-order valence-corrected chi connectivity index (χ0v) is 14.3. The maximum atomic E-state index is 13.4. The number of nitrogens with one attached hydrogen (secondary N) is 1. The summed E-state index contributed by atoms with van der Waals surface area (Å²) in [4.78, 5) is 23.5. The van der Waals surface area contributed by atoms with Crippen molar-refractivity contribution in [2.24, 2.45) is 5.92 Å². The first kappa shape index (κ1) is 18.7. The normalized spacial score (nSPS) is 20.5. The number of esters is 1. The molecule has 0 unspecified atom stereocenters. The van der Waals surface area contributed by atoms with Crippen molar-refractivity contribution in [1.82, 2.24) is 5.32 Å². The second-order valence-electron chi connectivity index (χ2n) is 5.96. The molecule has 0 spiro atoms. The van der Waals surface area contributed by atoms with E-state index in [2.05, 4.69) is 12.2 Å². The summed E-state index contributed by atoms with van der Waals surface area (Å²) in [5, 5.41) is 2.88. The van der Waals surface area contributed by atoms with Gasteiger partial charge in [-0.3, -0.25) is 9.59 Å². The molecule has 1 aromatic rings. The van der Waals surface area contributed by atoms with Gasteiger partial charge in [0.1, 0.15) is 11.6 Å². The maximum Gasteiger partial charge on any atom is 0.316 e. The predicted octanol–water partition coefficient (Wildman–Crippen LogP) is 3.30. The number of thioether (sulfide) groups is 1. The lowest BCUT2D eigenvalue weighted by atomic mass is 9.86. The van der Waals surface area contributed by atoms with Crippen LogP contribution in [0.4, 0.5) is 8.78 Å². The van der Waals surface area contributed by atoms with Crippen LogP contribution in [0.3, 0.4) is 0 Å². The van der Waals surface area contributed by atoms with Crippen LogP contribution in [0.5, 0.6) is 0 Å². The Bertz CT molecular complexity index is 597. The Morgan fingerprint density at radius 3 is 2.79 bits per heavy atom. The van der Waals surface area contributed by atoms with E-state index < -0.39 is 17.6 Å². The van der Waals surface area contributed by atoms with Crippen LogP contribution in [-0.4, -0.2) is 30.3 Å². The second-order valence-corrected chi connectivity index (χ2v) is 6.98. The fraction of sp³-hybridized carbons (Fsp3) is 0.529. The van der Waals surface area contributed by atoms with Crippen LogP contribution in [0.25, 0.3) is 0 Å². The number of rotatable bonds is 6. The number of amides is 1. The number of hydrogen-bond donors (Lipinski definition) is 1. The van der Waals surface area contributed by atoms with E-state index in [9.17, 15) is 18.4 Å². The summed E-state index contributed by atoms with van der Waals surface area (Å²) in [5.41, 5.74) is 0. The van der Waals surface area contributed by atoms with Gasteiger partial charge in [0.2, 0.25) is 0 Å². The largest absolute Gasteiger partial charge is 0.455 e. The number of ether oxygens (including phenoxy) is 1. The Kier molecular flexibility index (Phi) is 7.02. The van der Waals surface area contributed by atoms with Crippen molar-refractivity contribution in [1.29, 1.82) is 0 Å². The zero-order valence-electron chi connectivity index (χ0n) is 13.5. The highest BCUT2D eigenvalue weighted by atomic mass is 32.2.